The van der Waals surface area contributed by atoms with Gasteiger partial charge in [0.2, 0.25) is 5.88 Å². The minimum Gasteiger partial charge on any atom is -0.477 e. The topological polar surface area (TPSA) is 69.0 Å². The first-order valence-corrected chi connectivity index (χ1v) is 8.26. The van der Waals surface area contributed by atoms with E-state index in [-0.39, 0.29) is 5.82 Å². The maximum atomic E-state index is 12.9. The van der Waals surface area contributed by atoms with Crippen molar-refractivity contribution in [2.24, 2.45) is 13.0 Å². The number of ether oxygens (including phenoxy) is 1. The Morgan fingerprint density at radius 2 is 2.16 bits per heavy atom. The molecule has 130 valence electrons. The van der Waals surface area contributed by atoms with Crippen LogP contribution < -0.4 is 9.64 Å². The van der Waals surface area contributed by atoms with E-state index < -0.39 is 0 Å². The van der Waals surface area contributed by atoms with Crippen molar-refractivity contribution in [1.29, 1.82) is 0 Å². The molecule has 1 aliphatic heterocycles. The summed E-state index contributed by atoms with van der Waals surface area (Å²) in [7, 11) is 1.88. The summed E-state index contributed by atoms with van der Waals surface area (Å²) >= 11 is 0. The van der Waals surface area contributed by atoms with E-state index in [1.165, 1.54) is 12.3 Å². The second-order valence-corrected chi connectivity index (χ2v) is 6.33. The van der Waals surface area contributed by atoms with Crippen LogP contribution >= 0.6 is 0 Å². The van der Waals surface area contributed by atoms with Gasteiger partial charge < -0.3 is 9.64 Å². The van der Waals surface area contributed by atoms with Gasteiger partial charge in [-0.3, -0.25) is 4.68 Å². The normalized spacial score (nSPS) is 17.4. The quantitative estimate of drug-likeness (QED) is 0.723. The van der Waals surface area contributed by atoms with Crippen LogP contribution in [0.3, 0.4) is 0 Å². The second-order valence-electron chi connectivity index (χ2n) is 6.33. The van der Waals surface area contributed by atoms with E-state index in [9.17, 15) is 4.39 Å². The van der Waals surface area contributed by atoms with E-state index in [2.05, 4.69) is 25.0 Å². The number of halogens is 1. The molecule has 7 nitrogen and oxygen atoms in total. The predicted molar refractivity (Wildman–Crippen MR) is 91.1 cm³/mol. The van der Waals surface area contributed by atoms with Crippen molar-refractivity contribution in [3.8, 4) is 5.88 Å². The van der Waals surface area contributed by atoms with E-state index in [0.717, 1.165) is 42.2 Å². The highest BCUT2D eigenvalue weighted by Gasteiger charge is 2.26. The van der Waals surface area contributed by atoms with Crippen LogP contribution in [0.5, 0.6) is 5.88 Å². The average molecular weight is 342 g/mol. The Morgan fingerprint density at radius 3 is 2.96 bits per heavy atom. The summed E-state index contributed by atoms with van der Waals surface area (Å²) in [5, 5.41) is 5.26. The van der Waals surface area contributed by atoms with Crippen LogP contribution in [0, 0.1) is 18.7 Å². The number of rotatable bonds is 4. The van der Waals surface area contributed by atoms with Gasteiger partial charge in [-0.05, 0) is 19.4 Å². The van der Waals surface area contributed by atoms with Gasteiger partial charge >= 0.3 is 0 Å². The third-order valence-electron chi connectivity index (χ3n) is 4.44. The summed E-state index contributed by atoms with van der Waals surface area (Å²) in [6, 6.07) is 2.90. The lowest BCUT2D eigenvalue weighted by molar-refractivity contribution is 0.251. The number of anilines is 1. The summed E-state index contributed by atoms with van der Waals surface area (Å²) in [4.78, 5) is 15.3. The van der Waals surface area contributed by atoms with Gasteiger partial charge in [0.05, 0.1) is 24.4 Å². The number of aryl methyl sites for hydroxylation is 2. The zero-order valence-corrected chi connectivity index (χ0v) is 14.2. The summed E-state index contributed by atoms with van der Waals surface area (Å²) < 4.78 is 20.3. The molecule has 0 aliphatic carbocycles. The van der Waals surface area contributed by atoms with E-state index in [1.807, 2.05) is 20.2 Å². The van der Waals surface area contributed by atoms with Gasteiger partial charge in [-0.25, -0.2) is 19.3 Å². The first kappa shape index (κ1) is 15.7. The molecule has 1 unspecified atom stereocenters. The Kier molecular flexibility index (Phi) is 3.95. The highest BCUT2D eigenvalue weighted by molar-refractivity contribution is 5.87. The molecule has 0 N–H and O–H groups in total. The van der Waals surface area contributed by atoms with Gasteiger partial charge in [0.15, 0.2) is 5.65 Å². The first-order chi connectivity index (χ1) is 12.1. The number of pyridine rings is 1. The summed E-state index contributed by atoms with van der Waals surface area (Å²) in [6.45, 7) is 4.20. The molecule has 3 aromatic heterocycles. The smallest absolute Gasteiger partial charge is 0.213 e. The van der Waals surface area contributed by atoms with Crippen LogP contribution in [0.2, 0.25) is 0 Å². The number of fused-ring (bicyclic) bond motifs is 1. The third kappa shape index (κ3) is 3.11. The Hall–Kier alpha value is -2.77. The summed E-state index contributed by atoms with van der Waals surface area (Å²) in [6.07, 6.45) is 3.99. The van der Waals surface area contributed by atoms with Gasteiger partial charge in [0.25, 0.3) is 0 Å². The number of hydrogen-bond acceptors (Lipinski definition) is 6. The Morgan fingerprint density at radius 1 is 1.28 bits per heavy atom. The molecular weight excluding hydrogens is 323 g/mol. The molecule has 1 aliphatic rings. The molecule has 4 heterocycles. The third-order valence-corrected chi connectivity index (χ3v) is 4.44. The minimum absolute atomic E-state index is 0.362. The lowest BCUT2D eigenvalue weighted by Crippen LogP contribution is -2.23. The van der Waals surface area contributed by atoms with Crippen molar-refractivity contribution in [1.82, 2.24) is 24.7 Å². The molecule has 0 spiro atoms. The van der Waals surface area contributed by atoms with E-state index in [4.69, 9.17) is 4.74 Å². The summed E-state index contributed by atoms with van der Waals surface area (Å²) in [5.74, 6) is 2.12. The van der Waals surface area contributed by atoms with Crippen LogP contribution in [0.15, 0.2) is 24.5 Å². The fraction of sp³-hybridized carbons (Fsp3) is 0.412. The molecule has 0 aromatic carbocycles. The Balaban J connectivity index is 1.46. The van der Waals surface area contributed by atoms with Gasteiger partial charge in [-0.15, -0.1) is 0 Å². The molecule has 1 atom stereocenters. The number of hydrogen-bond donors (Lipinski definition) is 0. The van der Waals surface area contributed by atoms with Gasteiger partial charge in [0, 0.05) is 32.1 Å². The van der Waals surface area contributed by atoms with Crippen LogP contribution in [0.4, 0.5) is 10.2 Å². The fourth-order valence-electron chi connectivity index (χ4n) is 3.17. The molecule has 1 saturated heterocycles. The first-order valence-electron chi connectivity index (χ1n) is 8.26. The predicted octanol–water partition coefficient (Wildman–Crippen LogP) is 2.11. The van der Waals surface area contributed by atoms with E-state index in [0.29, 0.717) is 18.4 Å². The zero-order chi connectivity index (χ0) is 17.4. The standard InChI is InChI=1S/C17H19FN6O/c1-11-21-16-14(8-20-23(16)2)17(22-11)24-6-5-12(9-24)10-25-15-4-3-13(18)7-19-15/h3-4,7-8,12H,5-6,9-10H2,1-2H3. The maximum Gasteiger partial charge on any atom is 0.213 e. The second kappa shape index (κ2) is 6.27. The van der Waals surface area contributed by atoms with Crippen LogP contribution in [-0.4, -0.2) is 44.4 Å². The molecule has 0 bridgehead atoms. The van der Waals surface area contributed by atoms with E-state index in [1.54, 1.807) is 10.7 Å². The fourth-order valence-corrected chi connectivity index (χ4v) is 3.17. The lowest BCUT2D eigenvalue weighted by Gasteiger charge is -2.18. The van der Waals surface area contributed by atoms with Crippen molar-refractivity contribution in [2.45, 2.75) is 13.3 Å². The lowest BCUT2D eigenvalue weighted by atomic mass is 10.1. The monoisotopic (exact) mass is 342 g/mol. The molecule has 0 radical (unpaired) electrons. The van der Waals surface area contributed by atoms with Crippen LogP contribution in [0.1, 0.15) is 12.2 Å². The van der Waals surface area contributed by atoms with Gasteiger partial charge in [-0.1, -0.05) is 0 Å². The molecule has 0 saturated carbocycles. The van der Waals surface area contributed by atoms with E-state index >= 15 is 0 Å². The summed E-state index contributed by atoms with van der Waals surface area (Å²) in [5.41, 5.74) is 0.845. The maximum absolute atomic E-state index is 12.9. The van der Waals surface area contributed by atoms with Crippen molar-refractivity contribution < 1.29 is 9.13 Å². The van der Waals surface area contributed by atoms with Crippen molar-refractivity contribution in [3.63, 3.8) is 0 Å². The van der Waals surface area contributed by atoms with Gasteiger partial charge in [0.1, 0.15) is 17.5 Å². The Bertz CT molecular complexity index is 894. The molecule has 1 fully saturated rings. The number of nitrogens with zero attached hydrogens (tertiary/aromatic N) is 6. The molecule has 3 aromatic rings. The average Bonchev–Trinajstić information content (AvgIpc) is 3.21. The number of aromatic nitrogens is 5. The molecule has 4 rings (SSSR count). The van der Waals surface area contributed by atoms with Crippen molar-refractivity contribution >= 4 is 16.9 Å². The molecular formula is C17H19FN6O. The zero-order valence-electron chi connectivity index (χ0n) is 14.2. The molecule has 0 amide bonds. The molecule has 8 heteroatoms. The Labute approximate surface area is 144 Å². The van der Waals surface area contributed by atoms with Crippen LogP contribution in [-0.2, 0) is 7.05 Å². The SMILES string of the molecule is Cc1nc(N2CCC(COc3ccc(F)cn3)C2)c2cnn(C)c2n1. The van der Waals surface area contributed by atoms with Crippen molar-refractivity contribution in [3.05, 3.63) is 36.2 Å². The minimum atomic E-state index is -0.362. The largest absolute Gasteiger partial charge is 0.477 e. The van der Waals surface area contributed by atoms with Crippen molar-refractivity contribution in [2.75, 3.05) is 24.6 Å². The van der Waals surface area contributed by atoms with Gasteiger partial charge in [-0.2, -0.15) is 5.10 Å². The van der Waals surface area contributed by atoms with Crippen LogP contribution in [0.25, 0.3) is 11.0 Å². The molecule has 25 heavy (non-hydrogen) atoms. The highest BCUT2D eigenvalue weighted by Crippen LogP contribution is 2.28. The highest BCUT2D eigenvalue weighted by atomic mass is 19.1.